The van der Waals surface area contributed by atoms with Gasteiger partial charge in [-0.1, -0.05) is 48.5 Å². The van der Waals surface area contributed by atoms with Crippen LogP contribution in [0.25, 0.3) is 22.0 Å². The third-order valence-corrected chi connectivity index (χ3v) is 4.43. The van der Waals surface area contributed by atoms with Crippen LogP contribution in [0.1, 0.15) is 5.56 Å². The van der Waals surface area contributed by atoms with Gasteiger partial charge in [-0.25, -0.2) is 0 Å². The maximum atomic E-state index is 10.2. The molecule has 0 aliphatic carbocycles. The lowest BCUT2D eigenvalue weighted by Crippen LogP contribution is -1.89. The number of aromatic hydroxyl groups is 1. The van der Waals surface area contributed by atoms with Crippen molar-refractivity contribution in [2.24, 2.45) is 4.99 Å². The molecule has 0 radical (unpaired) electrons. The third kappa shape index (κ3) is 3.25. The second kappa shape index (κ2) is 7.30. The minimum Gasteiger partial charge on any atom is -0.504 e. The van der Waals surface area contributed by atoms with Crippen LogP contribution in [0.15, 0.2) is 84.0 Å². The van der Waals surface area contributed by atoms with Gasteiger partial charge in [0.25, 0.3) is 0 Å². The summed E-state index contributed by atoms with van der Waals surface area (Å²) >= 11 is 0. The molecule has 4 aromatic rings. The topological polar surface area (TPSA) is 54.7 Å². The number of rotatable bonds is 4. The van der Waals surface area contributed by atoms with Crippen molar-refractivity contribution in [2.75, 3.05) is 7.11 Å². The summed E-state index contributed by atoms with van der Waals surface area (Å²) < 4.78 is 5.15. The Bertz CT molecular complexity index is 1120. The fourth-order valence-corrected chi connectivity index (χ4v) is 3.08. The highest BCUT2D eigenvalue weighted by atomic mass is 16.5. The summed E-state index contributed by atoms with van der Waals surface area (Å²) in [7, 11) is 1.52. The van der Waals surface area contributed by atoms with Gasteiger partial charge in [0.15, 0.2) is 11.5 Å². The zero-order valence-corrected chi connectivity index (χ0v) is 14.8. The van der Waals surface area contributed by atoms with E-state index in [2.05, 4.69) is 22.1 Å². The normalized spacial score (nSPS) is 11.1. The van der Waals surface area contributed by atoms with E-state index in [4.69, 9.17) is 4.74 Å². The molecule has 0 bridgehead atoms. The summed E-state index contributed by atoms with van der Waals surface area (Å²) in [6, 6.07) is 23.5. The Morgan fingerprint density at radius 2 is 1.74 bits per heavy atom. The van der Waals surface area contributed by atoms with Crippen molar-refractivity contribution in [3.63, 3.8) is 0 Å². The van der Waals surface area contributed by atoms with E-state index in [9.17, 15) is 5.11 Å². The number of aromatic nitrogens is 1. The van der Waals surface area contributed by atoms with Gasteiger partial charge >= 0.3 is 0 Å². The van der Waals surface area contributed by atoms with Gasteiger partial charge in [0.2, 0.25) is 0 Å². The predicted molar refractivity (Wildman–Crippen MR) is 109 cm³/mol. The fraction of sp³-hybridized carbons (Fsp3) is 0.0435. The first kappa shape index (κ1) is 16.8. The molecule has 1 N–H and O–H groups in total. The molecule has 0 amide bonds. The number of aliphatic imine (C=N–C) groups is 1. The number of methoxy groups -OCH3 is 1. The third-order valence-electron chi connectivity index (χ3n) is 4.43. The van der Waals surface area contributed by atoms with Crippen LogP contribution in [0.2, 0.25) is 0 Å². The van der Waals surface area contributed by atoms with Gasteiger partial charge in [-0.15, -0.1) is 0 Å². The lowest BCUT2D eigenvalue weighted by atomic mass is 10.0. The number of hydrogen-bond donors (Lipinski definition) is 1. The summed E-state index contributed by atoms with van der Waals surface area (Å²) in [5.41, 5.74) is 4.40. The quantitative estimate of drug-likeness (QED) is 0.502. The zero-order chi connectivity index (χ0) is 18.6. The van der Waals surface area contributed by atoms with Crippen molar-refractivity contribution < 1.29 is 9.84 Å². The zero-order valence-electron chi connectivity index (χ0n) is 14.8. The number of pyridine rings is 1. The van der Waals surface area contributed by atoms with E-state index in [1.54, 1.807) is 24.5 Å². The van der Waals surface area contributed by atoms with Gasteiger partial charge < -0.3 is 9.84 Å². The Hall–Kier alpha value is -3.66. The van der Waals surface area contributed by atoms with Crippen LogP contribution >= 0.6 is 0 Å². The van der Waals surface area contributed by atoms with E-state index in [1.807, 2.05) is 48.5 Å². The lowest BCUT2D eigenvalue weighted by molar-refractivity contribution is 0.373. The van der Waals surface area contributed by atoms with E-state index in [-0.39, 0.29) is 5.75 Å². The number of phenolic OH excluding ortho intramolecular Hbond substituents is 1. The Morgan fingerprint density at radius 3 is 2.56 bits per heavy atom. The monoisotopic (exact) mass is 354 g/mol. The number of hydrogen-bond acceptors (Lipinski definition) is 4. The number of para-hydroxylation sites is 2. The van der Waals surface area contributed by atoms with Crippen LogP contribution in [0.3, 0.4) is 0 Å². The molecule has 4 rings (SSSR count). The molecule has 4 heteroatoms. The van der Waals surface area contributed by atoms with Gasteiger partial charge in [-0.2, -0.15) is 0 Å². The molecule has 0 unspecified atom stereocenters. The van der Waals surface area contributed by atoms with Crippen LogP contribution < -0.4 is 4.74 Å². The van der Waals surface area contributed by atoms with Crippen molar-refractivity contribution >= 4 is 22.8 Å². The molecule has 27 heavy (non-hydrogen) atoms. The van der Waals surface area contributed by atoms with Crippen LogP contribution in [-0.2, 0) is 0 Å². The van der Waals surface area contributed by atoms with Crippen LogP contribution in [0.5, 0.6) is 11.5 Å². The SMILES string of the molecule is COc1cccc(C=Nc2cccc3c(-c4ccccc4)ccnc23)c1O. The van der Waals surface area contributed by atoms with E-state index in [0.29, 0.717) is 11.3 Å². The highest BCUT2D eigenvalue weighted by Gasteiger charge is 2.08. The standard InChI is InChI=1S/C23H18N2O2/c1-27-21-12-5-9-17(23(21)26)15-25-20-11-6-10-19-18(13-14-24-22(19)20)16-7-3-2-4-8-16/h2-15,26H,1H3. The van der Waals surface area contributed by atoms with Gasteiger partial charge in [0.05, 0.1) is 18.3 Å². The summed E-state index contributed by atoms with van der Waals surface area (Å²) in [6.07, 6.45) is 3.43. The highest BCUT2D eigenvalue weighted by Crippen LogP contribution is 2.33. The van der Waals surface area contributed by atoms with Gasteiger partial charge in [0.1, 0.15) is 0 Å². The van der Waals surface area contributed by atoms with E-state index < -0.39 is 0 Å². The molecule has 0 saturated carbocycles. The number of fused-ring (bicyclic) bond motifs is 1. The predicted octanol–water partition coefficient (Wildman–Crippen LogP) is 5.37. The van der Waals surface area contributed by atoms with E-state index >= 15 is 0 Å². The first-order valence-corrected chi connectivity index (χ1v) is 8.61. The summed E-state index contributed by atoms with van der Waals surface area (Å²) in [5, 5.41) is 11.3. The number of nitrogens with zero attached hydrogens (tertiary/aromatic N) is 2. The van der Waals surface area contributed by atoms with Crippen molar-refractivity contribution in [1.82, 2.24) is 4.98 Å². The molecule has 0 saturated heterocycles. The molecule has 3 aromatic carbocycles. The maximum Gasteiger partial charge on any atom is 0.166 e. The van der Waals surface area contributed by atoms with Crippen LogP contribution in [0, 0.1) is 0 Å². The summed E-state index contributed by atoms with van der Waals surface area (Å²) in [4.78, 5) is 9.11. The average molecular weight is 354 g/mol. The molecule has 0 spiro atoms. The first-order valence-electron chi connectivity index (χ1n) is 8.61. The Morgan fingerprint density at radius 1 is 0.926 bits per heavy atom. The Balaban J connectivity index is 1.80. The number of phenols is 1. The molecular formula is C23H18N2O2. The van der Waals surface area contributed by atoms with Crippen molar-refractivity contribution in [3.05, 3.63) is 84.6 Å². The molecule has 132 valence electrons. The summed E-state index contributed by atoms with van der Waals surface area (Å²) in [5.74, 6) is 0.489. The Labute approximate surface area is 157 Å². The van der Waals surface area contributed by atoms with Crippen molar-refractivity contribution in [1.29, 1.82) is 0 Å². The molecular weight excluding hydrogens is 336 g/mol. The second-order valence-corrected chi connectivity index (χ2v) is 6.05. The number of benzene rings is 3. The van der Waals surface area contributed by atoms with Crippen LogP contribution in [0.4, 0.5) is 5.69 Å². The molecule has 0 aliphatic rings. The molecule has 1 heterocycles. The molecule has 4 nitrogen and oxygen atoms in total. The largest absolute Gasteiger partial charge is 0.504 e. The van der Waals surface area contributed by atoms with Crippen LogP contribution in [-0.4, -0.2) is 23.4 Å². The number of ether oxygens (including phenoxy) is 1. The van der Waals surface area contributed by atoms with Gasteiger partial charge in [0, 0.05) is 23.4 Å². The van der Waals surface area contributed by atoms with E-state index in [0.717, 1.165) is 27.7 Å². The van der Waals surface area contributed by atoms with E-state index in [1.165, 1.54) is 7.11 Å². The highest BCUT2D eigenvalue weighted by molar-refractivity contribution is 6.01. The fourth-order valence-electron chi connectivity index (χ4n) is 3.08. The first-order chi connectivity index (χ1) is 13.3. The second-order valence-electron chi connectivity index (χ2n) is 6.05. The molecule has 0 aliphatic heterocycles. The van der Waals surface area contributed by atoms with Gasteiger partial charge in [-0.3, -0.25) is 9.98 Å². The van der Waals surface area contributed by atoms with Crippen molar-refractivity contribution in [2.45, 2.75) is 0 Å². The smallest absolute Gasteiger partial charge is 0.166 e. The molecule has 0 atom stereocenters. The maximum absolute atomic E-state index is 10.2. The molecule has 0 fully saturated rings. The van der Waals surface area contributed by atoms with Gasteiger partial charge in [-0.05, 0) is 35.4 Å². The summed E-state index contributed by atoms with van der Waals surface area (Å²) in [6.45, 7) is 0. The minimum absolute atomic E-state index is 0.0712. The lowest BCUT2D eigenvalue weighted by Gasteiger charge is -2.08. The minimum atomic E-state index is 0.0712. The average Bonchev–Trinajstić information content (AvgIpc) is 2.73. The van der Waals surface area contributed by atoms with Crippen molar-refractivity contribution in [3.8, 4) is 22.6 Å². The Kier molecular flexibility index (Phi) is 4.54. The molecule has 1 aromatic heterocycles.